The molecule has 7 nitrogen and oxygen atoms in total. The van der Waals surface area contributed by atoms with Crippen molar-refractivity contribution < 1.29 is 14.4 Å². The number of allylic oxidation sites excluding steroid dienone is 2. The number of nitrogens with one attached hydrogen (secondary N) is 1. The number of carbonyl (C=O) groups excluding carboxylic acids is 3. The predicted octanol–water partition coefficient (Wildman–Crippen LogP) is 1.97. The number of amides is 3. The van der Waals surface area contributed by atoms with E-state index in [0.717, 1.165) is 33.8 Å². The van der Waals surface area contributed by atoms with Gasteiger partial charge < -0.3 is 5.32 Å². The van der Waals surface area contributed by atoms with Gasteiger partial charge in [-0.1, -0.05) is 42.5 Å². The average Bonchev–Trinajstić information content (AvgIpc) is 3.49. The zero-order chi connectivity index (χ0) is 21.7. The van der Waals surface area contributed by atoms with E-state index in [9.17, 15) is 14.4 Å². The summed E-state index contributed by atoms with van der Waals surface area (Å²) in [5, 5.41) is 7.49. The van der Waals surface area contributed by atoms with Crippen molar-refractivity contribution in [2.45, 2.75) is 33.4 Å². The van der Waals surface area contributed by atoms with E-state index in [2.05, 4.69) is 34.7 Å². The van der Waals surface area contributed by atoms with E-state index in [1.54, 1.807) is 0 Å². The van der Waals surface area contributed by atoms with E-state index in [-0.39, 0.29) is 47.9 Å². The van der Waals surface area contributed by atoms with Crippen molar-refractivity contribution in [1.82, 2.24) is 20.0 Å². The highest BCUT2D eigenvalue weighted by Gasteiger charge is 2.59. The van der Waals surface area contributed by atoms with E-state index in [1.807, 2.05) is 36.7 Å². The third kappa shape index (κ3) is 3.28. The fourth-order valence-electron chi connectivity index (χ4n) is 5.41. The van der Waals surface area contributed by atoms with Crippen LogP contribution in [0.4, 0.5) is 0 Å². The Morgan fingerprint density at radius 1 is 1.06 bits per heavy atom. The van der Waals surface area contributed by atoms with Crippen LogP contribution in [0, 0.1) is 37.5 Å². The van der Waals surface area contributed by atoms with Gasteiger partial charge in [-0.05, 0) is 37.7 Å². The molecule has 3 aliphatic rings. The monoisotopic (exact) mass is 418 g/mol. The minimum Gasteiger partial charge on any atom is -0.350 e. The van der Waals surface area contributed by atoms with E-state index < -0.39 is 0 Å². The molecule has 1 saturated carbocycles. The van der Waals surface area contributed by atoms with Crippen molar-refractivity contribution in [1.29, 1.82) is 0 Å². The van der Waals surface area contributed by atoms with Crippen molar-refractivity contribution >= 4 is 17.7 Å². The summed E-state index contributed by atoms with van der Waals surface area (Å²) in [4.78, 5) is 39.3. The highest BCUT2D eigenvalue weighted by atomic mass is 16.2. The van der Waals surface area contributed by atoms with Gasteiger partial charge in [-0.2, -0.15) is 5.10 Å². The number of rotatable bonds is 6. The lowest BCUT2D eigenvalue weighted by Crippen LogP contribution is -2.41. The molecule has 2 aromatic rings. The molecule has 1 aromatic heterocycles. The van der Waals surface area contributed by atoms with Crippen LogP contribution in [0.15, 0.2) is 42.5 Å². The molecule has 2 heterocycles. The molecule has 3 amide bonds. The molecule has 4 unspecified atom stereocenters. The van der Waals surface area contributed by atoms with Crippen LogP contribution in [0.5, 0.6) is 0 Å². The molecule has 7 heteroatoms. The Bertz CT molecular complexity index is 1060. The Morgan fingerprint density at radius 3 is 2.35 bits per heavy atom. The molecular weight excluding hydrogens is 392 g/mol. The Balaban J connectivity index is 1.22. The van der Waals surface area contributed by atoms with Gasteiger partial charge in [0.2, 0.25) is 17.7 Å². The lowest BCUT2D eigenvalue weighted by atomic mass is 9.85. The average molecular weight is 418 g/mol. The molecule has 5 rings (SSSR count). The van der Waals surface area contributed by atoms with Gasteiger partial charge in [-0.3, -0.25) is 24.0 Å². The van der Waals surface area contributed by atoms with Crippen molar-refractivity contribution in [2.24, 2.45) is 23.7 Å². The second-order valence-corrected chi connectivity index (χ2v) is 8.83. The van der Waals surface area contributed by atoms with Crippen LogP contribution >= 0.6 is 0 Å². The lowest BCUT2D eigenvalue weighted by molar-refractivity contribution is -0.144. The Kier molecular flexibility index (Phi) is 4.76. The summed E-state index contributed by atoms with van der Waals surface area (Å²) >= 11 is 0. The number of aryl methyl sites for hydroxylation is 1. The van der Waals surface area contributed by atoms with Gasteiger partial charge in [-0.15, -0.1) is 0 Å². The fraction of sp³-hybridized carbons (Fsp3) is 0.417. The molecule has 1 N–H and O–H groups in total. The standard InChI is InChI=1S/C24H26N4O3/c1-14-19(15(2)28(26-14)12-16-6-4-3-5-7-16)11-25-20(29)13-27-23(30)21-17-8-9-18(10-17)22(21)24(27)31/h3-9,17-18,21-22H,10-13H2,1-2H3,(H,25,29). The van der Waals surface area contributed by atoms with Gasteiger partial charge in [0.05, 0.1) is 24.1 Å². The third-order valence-electron chi connectivity index (χ3n) is 7.03. The molecule has 31 heavy (non-hydrogen) atoms. The number of benzene rings is 1. The zero-order valence-electron chi connectivity index (χ0n) is 17.7. The molecule has 0 spiro atoms. The maximum Gasteiger partial charge on any atom is 0.240 e. The SMILES string of the molecule is Cc1nn(Cc2ccccc2)c(C)c1CNC(=O)CN1C(=O)C2C3C=CC(C3)C2C1=O. The summed E-state index contributed by atoms with van der Waals surface area (Å²) in [6.45, 7) is 4.69. The second kappa shape index (κ2) is 7.48. The second-order valence-electron chi connectivity index (χ2n) is 8.83. The normalized spacial score (nSPS) is 26.1. The van der Waals surface area contributed by atoms with E-state index in [0.29, 0.717) is 13.1 Å². The van der Waals surface area contributed by atoms with Crippen LogP contribution in [0.3, 0.4) is 0 Å². The molecule has 1 saturated heterocycles. The van der Waals surface area contributed by atoms with Crippen LogP contribution in [0.25, 0.3) is 0 Å². The highest BCUT2D eigenvalue weighted by Crippen LogP contribution is 2.52. The summed E-state index contributed by atoms with van der Waals surface area (Å²) in [6.07, 6.45) is 5.00. The summed E-state index contributed by atoms with van der Waals surface area (Å²) in [7, 11) is 0. The predicted molar refractivity (Wildman–Crippen MR) is 114 cm³/mol. The topological polar surface area (TPSA) is 84.3 Å². The van der Waals surface area contributed by atoms with Gasteiger partial charge in [-0.25, -0.2) is 0 Å². The molecule has 0 radical (unpaired) electrons. The quantitative estimate of drug-likeness (QED) is 0.574. The summed E-state index contributed by atoms with van der Waals surface area (Å²) < 4.78 is 1.93. The number of carbonyl (C=O) groups is 3. The molecule has 4 atom stereocenters. The number of hydrogen-bond donors (Lipinski definition) is 1. The molecular formula is C24H26N4O3. The zero-order valence-corrected chi connectivity index (χ0v) is 17.7. The first-order valence-corrected chi connectivity index (χ1v) is 10.8. The first-order valence-electron chi connectivity index (χ1n) is 10.8. The minimum absolute atomic E-state index is 0.153. The van der Waals surface area contributed by atoms with Crippen molar-refractivity contribution in [3.63, 3.8) is 0 Å². The fourth-order valence-corrected chi connectivity index (χ4v) is 5.41. The van der Waals surface area contributed by atoms with Gasteiger partial charge >= 0.3 is 0 Å². The van der Waals surface area contributed by atoms with Gasteiger partial charge in [0.25, 0.3) is 0 Å². The van der Waals surface area contributed by atoms with Crippen LogP contribution in [-0.4, -0.2) is 38.9 Å². The Morgan fingerprint density at radius 2 is 1.71 bits per heavy atom. The Hall–Kier alpha value is -3.22. The van der Waals surface area contributed by atoms with E-state index in [1.165, 1.54) is 0 Å². The summed E-state index contributed by atoms with van der Waals surface area (Å²) in [6, 6.07) is 10.1. The molecule has 2 bridgehead atoms. The number of aromatic nitrogens is 2. The van der Waals surface area contributed by atoms with Crippen LogP contribution in [0.2, 0.25) is 0 Å². The molecule has 1 aromatic carbocycles. The van der Waals surface area contributed by atoms with Gasteiger partial charge in [0, 0.05) is 17.8 Å². The third-order valence-corrected chi connectivity index (χ3v) is 7.03. The first-order chi connectivity index (χ1) is 14.9. The number of imide groups is 1. The minimum atomic E-state index is -0.323. The Labute approximate surface area is 181 Å². The molecule has 160 valence electrons. The highest BCUT2D eigenvalue weighted by molar-refractivity contribution is 6.08. The maximum absolute atomic E-state index is 12.8. The number of likely N-dealkylation sites (tertiary alicyclic amines) is 1. The van der Waals surface area contributed by atoms with Crippen LogP contribution in [-0.2, 0) is 27.5 Å². The molecule has 1 aliphatic heterocycles. The van der Waals surface area contributed by atoms with Crippen LogP contribution < -0.4 is 5.32 Å². The number of fused-ring (bicyclic) bond motifs is 5. The van der Waals surface area contributed by atoms with Crippen molar-refractivity contribution in [3.05, 3.63) is 65.0 Å². The van der Waals surface area contributed by atoms with Crippen LogP contribution in [0.1, 0.15) is 28.9 Å². The molecule has 2 aliphatic carbocycles. The first kappa shape index (κ1) is 19.7. The largest absolute Gasteiger partial charge is 0.350 e. The molecule has 2 fully saturated rings. The number of hydrogen-bond acceptors (Lipinski definition) is 4. The smallest absolute Gasteiger partial charge is 0.240 e. The van der Waals surface area contributed by atoms with Gasteiger partial charge in [0.1, 0.15) is 6.54 Å². The van der Waals surface area contributed by atoms with E-state index >= 15 is 0 Å². The number of nitrogens with zero attached hydrogens (tertiary/aromatic N) is 3. The maximum atomic E-state index is 12.8. The van der Waals surface area contributed by atoms with Crippen molar-refractivity contribution in [2.75, 3.05) is 6.54 Å². The summed E-state index contributed by atoms with van der Waals surface area (Å²) in [5.41, 5.74) is 3.97. The van der Waals surface area contributed by atoms with E-state index in [4.69, 9.17) is 0 Å². The summed E-state index contributed by atoms with van der Waals surface area (Å²) in [5.74, 6) is -0.931. The van der Waals surface area contributed by atoms with Gasteiger partial charge in [0.15, 0.2) is 0 Å². The van der Waals surface area contributed by atoms with Crippen molar-refractivity contribution in [3.8, 4) is 0 Å². The lowest BCUT2D eigenvalue weighted by Gasteiger charge is -2.17.